The first-order valence-corrected chi connectivity index (χ1v) is 5.33. The Morgan fingerprint density at radius 3 is 2.61 bits per heavy atom. The molecule has 7 nitrogen and oxygen atoms in total. The summed E-state index contributed by atoms with van der Waals surface area (Å²) in [7, 11) is 0. The van der Waals surface area contributed by atoms with Crippen LogP contribution < -0.4 is 17.2 Å². The molecular weight excluding hydrogens is 234 g/mol. The molecule has 0 aliphatic rings. The predicted octanol–water partition coefficient (Wildman–Crippen LogP) is -0.407. The number of nitrogens with two attached hydrogens (primary N) is 3. The summed E-state index contributed by atoms with van der Waals surface area (Å²) < 4.78 is 1.67. The van der Waals surface area contributed by atoms with Crippen LogP contribution in [0.25, 0.3) is 11.0 Å². The molecule has 94 valence electrons. The summed E-state index contributed by atoms with van der Waals surface area (Å²) in [6.45, 7) is 0.355. The number of aryl methyl sites for hydroxylation is 1. The Hall–Kier alpha value is -2.57. The number of carbonyl (C=O) groups is 2. The van der Waals surface area contributed by atoms with E-state index >= 15 is 0 Å². The zero-order valence-electron chi connectivity index (χ0n) is 9.59. The van der Waals surface area contributed by atoms with Gasteiger partial charge in [-0.1, -0.05) is 0 Å². The van der Waals surface area contributed by atoms with Gasteiger partial charge in [0.05, 0.1) is 11.0 Å². The number of primary amides is 2. The van der Waals surface area contributed by atoms with Crippen molar-refractivity contribution in [1.82, 2.24) is 9.55 Å². The SMILES string of the molecule is NC(=O)CCn1c(N)nc2cc(C(N)=O)ccc21. The first-order chi connectivity index (χ1) is 8.49. The first-order valence-electron chi connectivity index (χ1n) is 5.33. The van der Waals surface area contributed by atoms with Gasteiger partial charge in [0.1, 0.15) is 0 Å². The number of hydrogen-bond donors (Lipinski definition) is 3. The zero-order chi connectivity index (χ0) is 13.3. The van der Waals surface area contributed by atoms with Crippen molar-refractivity contribution in [3.05, 3.63) is 23.8 Å². The number of anilines is 1. The molecule has 18 heavy (non-hydrogen) atoms. The minimum atomic E-state index is -0.526. The molecule has 0 aliphatic carbocycles. The zero-order valence-corrected chi connectivity index (χ0v) is 9.59. The van der Waals surface area contributed by atoms with Crippen LogP contribution in [0.3, 0.4) is 0 Å². The number of imidazole rings is 1. The van der Waals surface area contributed by atoms with Gasteiger partial charge in [0.25, 0.3) is 0 Å². The van der Waals surface area contributed by atoms with Gasteiger partial charge < -0.3 is 21.8 Å². The van der Waals surface area contributed by atoms with E-state index in [1.165, 1.54) is 0 Å². The molecule has 0 fully saturated rings. The van der Waals surface area contributed by atoms with Crippen molar-refractivity contribution >= 4 is 28.8 Å². The molecule has 7 heteroatoms. The Morgan fingerprint density at radius 2 is 2.00 bits per heavy atom. The van der Waals surface area contributed by atoms with Gasteiger partial charge in [-0.05, 0) is 18.2 Å². The molecule has 0 atom stereocenters. The van der Waals surface area contributed by atoms with Crippen LogP contribution in [0.15, 0.2) is 18.2 Å². The van der Waals surface area contributed by atoms with Crippen molar-refractivity contribution < 1.29 is 9.59 Å². The fourth-order valence-electron chi connectivity index (χ4n) is 1.76. The fourth-order valence-corrected chi connectivity index (χ4v) is 1.76. The quantitative estimate of drug-likeness (QED) is 0.678. The Morgan fingerprint density at radius 1 is 1.28 bits per heavy atom. The van der Waals surface area contributed by atoms with E-state index in [2.05, 4.69) is 4.98 Å². The Labute approximate surface area is 103 Å². The van der Waals surface area contributed by atoms with Gasteiger partial charge >= 0.3 is 0 Å². The van der Waals surface area contributed by atoms with Gasteiger partial charge in [-0.2, -0.15) is 0 Å². The van der Waals surface area contributed by atoms with Crippen molar-refractivity contribution in [2.24, 2.45) is 11.5 Å². The molecule has 2 aromatic rings. The van der Waals surface area contributed by atoms with E-state index in [-0.39, 0.29) is 12.4 Å². The van der Waals surface area contributed by atoms with Crippen LogP contribution in [0.5, 0.6) is 0 Å². The van der Waals surface area contributed by atoms with Crippen LogP contribution in [-0.4, -0.2) is 21.4 Å². The fraction of sp³-hybridized carbons (Fsp3) is 0.182. The highest BCUT2D eigenvalue weighted by atomic mass is 16.1. The number of rotatable bonds is 4. The third-order valence-electron chi connectivity index (χ3n) is 2.64. The lowest BCUT2D eigenvalue weighted by molar-refractivity contribution is -0.118. The van der Waals surface area contributed by atoms with Crippen molar-refractivity contribution in [2.75, 3.05) is 5.73 Å². The maximum absolute atomic E-state index is 11.0. The van der Waals surface area contributed by atoms with E-state index in [1.54, 1.807) is 22.8 Å². The predicted molar refractivity (Wildman–Crippen MR) is 66.5 cm³/mol. The van der Waals surface area contributed by atoms with Gasteiger partial charge in [0.15, 0.2) is 0 Å². The molecule has 1 aromatic heterocycles. The molecule has 2 rings (SSSR count). The number of nitrogen functional groups attached to an aromatic ring is 1. The van der Waals surface area contributed by atoms with E-state index < -0.39 is 11.8 Å². The third-order valence-corrected chi connectivity index (χ3v) is 2.64. The van der Waals surface area contributed by atoms with E-state index in [0.717, 1.165) is 5.52 Å². The maximum Gasteiger partial charge on any atom is 0.248 e. The van der Waals surface area contributed by atoms with Crippen LogP contribution in [0.4, 0.5) is 5.95 Å². The number of nitrogens with zero attached hydrogens (tertiary/aromatic N) is 2. The average molecular weight is 247 g/mol. The molecule has 0 saturated carbocycles. The molecule has 0 unspecified atom stereocenters. The Balaban J connectivity index is 2.45. The summed E-state index contributed by atoms with van der Waals surface area (Å²) in [5.41, 5.74) is 17.7. The van der Waals surface area contributed by atoms with Crippen LogP contribution in [0.1, 0.15) is 16.8 Å². The lowest BCUT2D eigenvalue weighted by atomic mass is 10.2. The van der Waals surface area contributed by atoms with Gasteiger partial charge in [0, 0.05) is 18.5 Å². The lowest BCUT2D eigenvalue weighted by Crippen LogP contribution is -2.15. The van der Waals surface area contributed by atoms with Gasteiger partial charge in [-0.25, -0.2) is 4.98 Å². The highest BCUT2D eigenvalue weighted by Gasteiger charge is 2.10. The number of aromatic nitrogens is 2. The summed E-state index contributed by atoms with van der Waals surface area (Å²) in [6.07, 6.45) is 0.174. The van der Waals surface area contributed by atoms with Crippen LogP contribution in [-0.2, 0) is 11.3 Å². The third kappa shape index (κ3) is 2.10. The first kappa shape index (κ1) is 11.9. The number of carbonyl (C=O) groups excluding carboxylic acids is 2. The van der Waals surface area contributed by atoms with Gasteiger partial charge in [-0.15, -0.1) is 0 Å². The van der Waals surface area contributed by atoms with E-state index in [9.17, 15) is 9.59 Å². The summed E-state index contributed by atoms with van der Waals surface area (Å²) in [6, 6.07) is 4.85. The van der Waals surface area contributed by atoms with Crippen LogP contribution in [0, 0.1) is 0 Å². The van der Waals surface area contributed by atoms with E-state index in [0.29, 0.717) is 17.6 Å². The molecule has 1 aromatic carbocycles. The second-order valence-corrected chi connectivity index (χ2v) is 3.91. The standard InChI is InChI=1S/C11H13N5O2/c12-9(17)3-4-16-8-2-1-6(10(13)18)5-7(8)15-11(16)14/h1-2,5H,3-4H2,(H2,12,17)(H2,13,18)(H2,14,15). The normalized spacial score (nSPS) is 10.7. The van der Waals surface area contributed by atoms with Gasteiger partial charge in [0.2, 0.25) is 17.8 Å². The molecule has 0 spiro atoms. The van der Waals surface area contributed by atoms with E-state index in [1.807, 2.05) is 0 Å². The number of fused-ring (bicyclic) bond motifs is 1. The lowest BCUT2D eigenvalue weighted by Gasteiger charge is -2.04. The second kappa shape index (κ2) is 4.36. The maximum atomic E-state index is 11.0. The molecule has 0 aliphatic heterocycles. The largest absolute Gasteiger partial charge is 0.370 e. The summed E-state index contributed by atoms with van der Waals surface area (Å²) in [4.78, 5) is 25.9. The molecular formula is C11H13N5O2. The number of hydrogen-bond acceptors (Lipinski definition) is 4. The summed E-state index contributed by atoms with van der Waals surface area (Å²) in [5.74, 6) is -0.667. The van der Waals surface area contributed by atoms with E-state index in [4.69, 9.17) is 17.2 Å². The topological polar surface area (TPSA) is 130 Å². The summed E-state index contributed by atoms with van der Waals surface area (Å²) >= 11 is 0. The highest BCUT2D eigenvalue weighted by molar-refractivity contribution is 5.96. The molecule has 6 N–H and O–H groups in total. The number of benzene rings is 1. The van der Waals surface area contributed by atoms with Crippen molar-refractivity contribution in [3.63, 3.8) is 0 Å². The monoisotopic (exact) mass is 247 g/mol. The van der Waals surface area contributed by atoms with Crippen molar-refractivity contribution in [3.8, 4) is 0 Å². The second-order valence-electron chi connectivity index (χ2n) is 3.91. The minimum Gasteiger partial charge on any atom is -0.370 e. The van der Waals surface area contributed by atoms with Crippen molar-refractivity contribution in [2.45, 2.75) is 13.0 Å². The Kier molecular flexibility index (Phi) is 2.88. The molecule has 0 bridgehead atoms. The average Bonchev–Trinajstić information content (AvgIpc) is 2.60. The molecule has 0 saturated heterocycles. The minimum absolute atomic E-state index is 0.174. The molecule has 0 radical (unpaired) electrons. The van der Waals surface area contributed by atoms with Crippen LogP contribution in [0.2, 0.25) is 0 Å². The van der Waals surface area contributed by atoms with Gasteiger partial charge in [-0.3, -0.25) is 9.59 Å². The summed E-state index contributed by atoms with van der Waals surface area (Å²) in [5, 5.41) is 0. The molecule has 2 amide bonds. The molecule has 1 heterocycles. The Bertz CT molecular complexity index is 632. The number of amides is 2. The highest BCUT2D eigenvalue weighted by Crippen LogP contribution is 2.19. The van der Waals surface area contributed by atoms with Crippen molar-refractivity contribution in [1.29, 1.82) is 0 Å². The smallest absolute Gasteiger partial charge is 0.248 e. The van der Waals surface area contributed by atoms with Crippen LogP contribution >= 0.6 is 0 Å².